The SMILES string of the molecule is N[C@H](CC1CCCCC1)[C@H](O)c1ccccn1. The lowest BCUT2D eigenvalue weighted by atomic mass is 9.83. The van der Waals surface area contributed by atoms with E-state index in [9.17, 15) is 5.11 Å². The van der Waals surface area contributed by atoms with Crippen molar-refractivity contribution in [2.75, 3.05) is 0 Å². The highest BCUT2D eigenvalue weighted by Crippen LogP contribution is 2.29. The molecule has 0 amide bonds. The standard InChI is InChI=1S/C14H22N2O/c15-12(10-11-6-2-1-3-7-11)14(17)13-8-4-5-9-16-13/h4-5,8-9,11-12,14,17H,1-3,6-7,10,15H2/t12-,14+/m1/s1. The van der Waals surface area contributed by atoms with E-state index in [0.717, 1.165) is 6.42 Å². The fourth-order valence-corrected chi connectivity index (χ4v) is 2.71. The molecule has 0 unspecified atom stereocenters. The average Bonchev–Trinajstić information content (AvgIpc) is 2.40. The highest BCUT2D eigenvalue weighted by molar-refractivity contribution is 5.08. The zero-order chi connectivity index (χ0) is 12.1. The molecule has 1 saturated carbocycles. The molecule has 17 heavy (non-hydrogen) atoms. The summed E-state index contributed by atoms with van der Waals surface area (Å²) in [5.74, 6) is 0.692. The summed E-state index contributed by atoms with van der Waals surface area (Å²) < 4.78 is 0. The van der Waals surface area contributed by atoms with Gasteiger partial charge in [0.1, 0.15) is 6.10 Å². The number of aromatic nitrogens is 1. The highest BCUT2D eigenvalue weighted by atomic mass is 16.3. The quantitative estimate of drug-likeness (QED) is 0.841. The van der Waals surface area contributed by atoms with E-state index in [1.54, 1.807) is 6.20 Å². The molecule has 1 aromatic heterocycles. The topological polar surface area (TPSA) is 59.1 Å². The molecule has 0 bridgehead atoms. The summed E-state index contributed by atoms with van der Waals surface area (Å²) in [4.78, 5) is 4.16. The molecule has 1 aromatic rings. The van der Waals surface area contributed by atoms with Gasteiger partial charge in [-0.1, -0.05) is 38.2 Å². The molecule has 2 rings (SSSR count). The molecule has 2 atom stereocenters. The Morgan fingerprint density at radius 1 is 1.29 bits per heavy atom. The molecule has 94 valence electrons. The van der Waals surface area contributed by atoms with Gasteiger partial charge in [-0.15, -0.1) is 0 Å². The number of rotatable bonds is 4. The Bertz CT molecular complexity index is 322. The van der Waals surface area contributed by atoms with Gasteiger partial charge in [0.15, 0.2) is 0 Å². The van der Waals surface area contributed by atoms with Crippen LogP contribution in [0.15, 0.2) is 24.4 Å². The maximum absolute atomic E-state index is 10.1. The van der Waals surface area contributed by atoms with Crippen molar-refractivity contribution in [3.63, 3.8) is 0 Å². The first kappa shape index (κ1) is 12.5. The molecule has 0 spiro atoms. The van der Waals surface area contributed by atoms with Crippen LogP contribution in [0.1, 0.15) is 50.3 Å². The van der Waals surface area contributed by atoms with Crippen LogP contribution in [0, 0.1) is 5.92 Å². The summed E-state index contributed by atoms with van der Waals surface area (Å²) >= 11 is 0. The van der Waals surface area contributed by atoms with Crippen molar-refractivity contribution in [3.05, 3.63) is 30.1 Å². The number of aliphatic hydroxyl groups excluding tert-OH is 1. The van der Waals surface area contributed by atoms with Crippen LogP contribution in [0.5, 0.6) is 0 Å². The second kappa shape index (κ2) is 6.12. The Morgan fingerprint density at radius 2 is 2.06 bits per heavy atom. The molecule has 1 heterocycles. The maximum Gasteiger partial charge on any atom is 0.111 e. The van der Waals surface area contributed by atoms with E-state index in [2.05, 4.69) is 4.98 Å². The van der Waals surface area contributed by atoms with Crippen LogP contribution in [0.4, 0.5) is 0 Å². The van der Waals surface area contributed by atoms with E-state index in [-0.39, 0.29) is 6.04 Å². The van der Waals surface area contributed by atoms with E-state index < -0.39 is 6.10 Å². The molecule has 1 aliphatic rings. The summed E-state index contributed by atoms with van der Waals surface area (Å²) in [5, 5.41) is 10.1. The molecule has 1 fully saturated rings. The zero-order valence-electron chi connectivity index (χ0n) is 10.3. The predicted molar refractivity (Wildman–Crippen MR) is 68.4 cm³/mol. The Balaban J connectivity index is 1.88. The molecule has 0 saturated heterocycles. The van der Waals surface area contributed by atoms with Gasteiger partial charge in [0.05, 0.1) is 5.69 Å². The van der Waals surface area contributed by atoms with Crippen LogP contribution in [0.2, 0.25) is 0 Å². The van der Waals surface area contributed by atoms with Crippen LogP contribution in [0.3, 0.4) is 0 Å². The Labute approximate surface area is 103 Å². The molecule has 0 aromatic carbocycles. The van der Waals surface area contributed by atoms with Crippen molar-refractivity contribution >= 4 is 0 Å². The largest absolute Gasteiger partial charge is 0.385 e. The van der Waals surface area contributed by atoms with E-state index in [0.29, 0.717) is 11.6 Å². The lowest BCUT2D eigenvalue weighted by molar-refractivity contribution is 0.124. The van der Waals surface area contributed by atoms with Crippen LogP contribution in [-0.4, -0.2) is 16.1 Å². The minimum absolute atomic E-state index is 0.187. The third-order valence-corrected chi connectivity index (χ3v) is 3.73. The van der Waals surface area contributed by atoms with Crippen molar-refractivity contribution in [1.29, 1.82) is 0 Å². The Hall–Kier alpha value is -0.930. The fraction of sp³-hybridized carbons (Fsp3) is 0.643. The summed E-state index contributed by atoms with van der Waals surface area (Å²) in [6.45, 7) is 0. The summed E-state index contributed by atoms with van der Waals surface area (Å²) in [6, 6.07) is 5.39. The van der Waals surface area contributed by atoms with E-state index >= 15 is 0 Å². The van der Waals surface area contributed by atoms with Gasteiger partial charge in [0, 0.05) is 12.2 Å². The lowest BCUT2D eigenvalue weighted by Gasteiger charge is -2.26. The molecule has 3 nitrogen and oxygen atoms in total. The van der Waals surface area contributed by atoms with Crippen LogP contribution in [0.25, 0.3) is 0 Å². The van der Waals surface area contributed by atoms with E-state index in [4.69, 9.17) is 5.73 Å². The van der Waals surface area contributed by atoms with Crippen LogP contribution >= 0.6 is 0 Å². The predicted octanol–water partition coefficient (Wildman–Crippen LogP) is 2.41. The molecular weight excluding hydrogens is 212 g/mol. The molecule has 1 aliphatic carbocycles. The van der Waals surface area contributed by atoms with Crippen molar-refractivity contribution in [1.82, 2.24) is 4.98 Å². The fourth-order valence-electron chi connectivity index (χ4n) is 2.71. The Morgan fingerprint density at radius 3 is 2.71 bits per heavy atom. The highest BCUT2D eigenvalue weighted by Gasteiger charge is 2.23. The number of pyridine rings is 1. The minimum atomic E-state index is -0.627. The second-order valence-corrected chi connectivity index (χ2v) is 5.10. The first-order valence-electron chi connectivity index (χ1n) is 6.62. The third-order valence-electron chi connectivity index (χ3n) is 3.73. The monoisotopic (exact) mass is 234 g/mol. The third kappa shape index (κ3) is 3.51. The molecule has 3 heteroatoms. The summed E-state index contributed by atoms with van der Waals surface area (Å²) in [6.07, 6.45) is 8.51. The van der Waals surface area contributed by atoms with Gasteiger partial charge in [-0.2, -0.15) is 0 Å². The number of hydrogen-bond donors (Lipinski definition) is 2. The maximum atomic E-state index is 10.1. The van der Waals surface area contributed by atoms with E-state index in [1.165, 1.54) is 32.1 Å². The Kier molecular flexibility index (Phi) is 4.51. The van der Waals surface area contributed by atoms with Crippen LogP contribution in [-0.2, 0) is 0 Å². The number of nitrogens with zero attached hydrogens (tertiary/aromatic N) is 1. The number of nitrogens with two attached hydrogens (primary N) is 1. The van der Waals surface area contributed by atoms with Gasteiger partial charge in [-0.3, -0.25) is 4.98 Å². The summed E-state index contributed by atoms with van der Waals surface area (Å²) in [5.41, 5.74) is 6.78. The number of aliphatic hydroxyl groups is 1. The van der Waals surface area contributed by atoms with E-state index in [1.807, 2.05) is 18.2 Å². The molecular formula is C14H22N2O. The van der Waals surface area contributed by atoms with Crippen molar-refractivity contribution < 1.29 is 5.11 Å². The molecule has 3 N–H and O–H groups in total. The van der Waals surface area contributed by atoms with Crippen molar-refractivity contribution in [3.8, 4) is 0 Å². The van der Waals surface area contributed by atoms with Gasteiger partial charge in [0.25, 0.3) is 0 Å². The van der Waals surface area contributed by atoms with Crippen molar-refractivity contribution in [2.45, 2.75) is 50.7 Å². The molecule has 0 radical (unpaired) electrons. The van der Waals surface area contributed by atoms with Gasteiger partial charge in [0.2, 0.25) is 0 Å². The van der Waals surface area contributed by atoms with Gasteiger partial charge < -0.3 is 10.8 Å². The lowest BCUT2D eigenvalue weighted by Crippen LogP contribution is -2.31. The normalized spacial score (nSPS) is 21.1. The minimum Gasteiger partial charge on any atom is -0.385 e. The second-order valence-electron chi connectivity index (χ2n) is 5.10. The van der Waals surface area contributed by atoms with Crippen LogP contribution < -0.4 is 5.73 Å². The first-order chi connectivity index (χ1) is 8.27. The smallest absolute Gasteiger partial charge is 0.111 e. The summed E-state index contributed by atoms with van der Waals surface area (Å²) in [7, 11) is 0. The number of hydrogen-bond acceptors (Lipinski definition) is 3. The zero-order valence-corrected chi connectivity index (χ0v) is 10.3. The van der Waals surface area contributed by atoms with Gasteiger partial charge in [-0.25, -0.2) is 0 Å². The van der Waals surface area contributed by atoms with Gasteiger partial charge in [-0.05, 0) is 24.5 Å². The molecule has 0 aliphatic heterocycles. The average molecular weight is 234 g/mol. The van der Waals surface area contributed by atoms with Gasteiger partial charge >= 0.3 is 0 Å². The first-order valence-corrected chi connectivity index (χ1v) is 6.62. The van der Waals surface area contributed by atoms with Crippen molar-refractivity contribution in [2.24, 2.45) is 11.7 Å².